The third-order valence-corrected chi connectivity index (χ3v) is 5.22. The van der Waals surface area contributed by atoms with Gasteiger partial charge in [-0.1, -0.05) is 29.8 Å². The first kappa shape index (κ1) is 18.9. The number of nitriles is 1. The summed E-state index contributed by atoms with van der Waals surface area (Å²) < 4.78 is 1.75. The van der Waals surface area contributed by atoms with Crippen LogP contribution in [0.1, 0.15) is 27.2 Å². The Hall–Kier alpha value is -3.43. The largest absolute Gasteiger partial charge is 0.331 e. The van der Waals surface area contributed by atoms with E-state index >= 15 is 0 Å². The molecule has 0 saturated heterocycles. The highest BCUT2D eigenvalue weighted by molar-refractivity contribution is 6.30. The highest BCUT2D eigenvalue weighted by atomic mass is 35.5. The van der Waals surface area contributed by atoms with Gasteiger partial charge in [-0.25, -0.2) is 0 Å². The lowest BCUT2D eigenvalue weighted by Crippen LogP contribution is -2.39. The third kappa shape index (κ3) is 3.78. The van der Waals surface area contributed by atoms with Crippen LogP contribution in [0.2, 0.25) is 5.02 Å². The Morgan fingerprint density at radius 2 is 1.97 bits per heavy atom. The summed E-state index contributed by atoms with van der Waals surface area (Å²) in [7, 11) is 0. The van der Waals surface area contributed by atoms with Gasteiger partial charge < -0.3 is 10.3 Å². The average molecular weight is 404 g/mol. The summed E-state index contributed by atoms with van der Waals surface area (Å²) in [6, 6.07) is 16.7. The van der Waals surface area contributed by atoms with Crippen LogP contribution in [0.4, 0.5) is 0 Å². The van der Waals surface area contributed by atoms with E-state index in [0.29, 0.717) is 48.0 Å². The molecule has 1 N–H and O–H groups in total. The first-order chi connectivity index (χ1) is 14.1. The fraction of sp³-hybridized carbons (Fsp3) is 0.182. The first-order valence-corrected chi connectivity index (χ1v) is 9.60. The number of nitrogens with zero attached hydrogens (tertiary/aromatic N) is 4. The van der Waals surface area contributed by atoms with Crippen LogP contribution >= 0.6 is 11.6 Å². The van der Waals surface area contributed by atoms with Gasteiger partial charge in [0.15, 0.2) is 0 Å². The zero-order chi connectivity index (χ0) is 20.4. The molecule has 0 bridgehead atoms. The Morgan fingerprint density at radius 1 is 1.17 bits per heavy atom. The van der Waals surface area contributed by atoms with Crippen molar-refractivity contribution in [3.05, 3.63) is 75.9 Å². The number of rotatable bonds is 5. The summed E-state index contributed by atoms with van der Waals surface area (Å²) in [4.78, 5) is 14.8. The summed E-state index contributed by atoms with van der Waals surface area (Å²) in [5, 5.41) is 21.6. The first-order valence-electron chi connectivity index (χ1n) is 9.23. The topological polar surface area (TPSA) is 85.8 Å². The number of nitrogens with one attached hydrogen (secondary N) is 1. The maximum absolute atomic E-state index is 13.0. The van der Waals surface area contributed by atoms with Gasteiger partial charge in [0.2, 0.25) is 0 Å². The van der Waals surface area contributed by atoms with Crippen molar-refractivity contribution in [2.75, 3.05) is 6.54 Å². The molecular formula is C22H18ClN5O. The predicted molar refractivity (Wildman–Crippen MR) is 111 cm³/mol. The van der Waals surface area contributed by atoms with Crippen molar-refractivity contribution in [2.45, 2.75) is 19.5 Å². The van der Waals surface area contributed by atoms with E-state index in [-0.39, 0.29) is 5.91 Å². The quantitative estimate of drug-likeness (QED) is 0.655. The van der Waals surface area contributed by atoms with Gasteiger partial charge in [-0.05, 0) is 47.7 Å². The lowest BCUT2D eigenvalue weighted by Gasteiger charge is -2.27. The molecule has 4 rings (SSSR count). The molecule has 0 radical (unpaired) electrons. The summed E-state index contributed by atoms with van der Waals surface area (Å²) in [6.45, 7) is 1.68. The molecule has 1 amide bonds. The number of benzene rings is 2. The van der Waals surface area contributed by atoms with Gasteiger partial charge in [-0.15, -0.1) is 0 Å². The number of carbonyl (C=O) groups excluding carboxylic acids is 1. The number of hydrogen-bond acceptors (Lipinski definition) is 4. The lowest BCUT2D eigenvalue weighted by molar-refractivity contribution is 0.0683. The molecule has 2 heterocycles. The minimum Gasteiger partial charge on any atom is -0.331 e. The summed E-state index contributed by atoms with van der Waals surface area (Å²) >= 11 is 6.10. The molecule has 144 valence electrons. The van der Waals surface area contributed by atoms with Crippen LogP contribution in [-0.4, -0.2) is 33.3 Å². The van der Waals surface area contributed by atoms with Gasteiger partial charge in [-0.3, -0.25) is 9.48 Å². The molecule has 0 atom stereocenters. The van der Waals surface area contributed by atoms with E-state index in [9.17, 15) is 4.79 Å². The predicted octanol–water partition coefficient (Wildman–Crippen LogP) is 3.92. The van der Waals surface area contributed by atoms with E-state index in [0.717, 1.165) is 16.7 Å². The van der Waals surface area contributed by atoms with Gasteiger partial charge in [0.25, 0.3) is 5.91 Å². The molecule has 29 heavy (non-hydrogen) atoms. The number of halogens is 1. The van der Waals surface area contributed by atoms with Crippen molar-refractivity contribution in [3.63, 3.8) is 0 Å². The standard InChI is InChI=1S/C22H18ClN5O/c23-18-5-6-19(17(11-18)7-8-24)20-12-21-22(29)27(9-10-28(21)26-20)14-16-3-1-15(13-25)2-4-16/h1-6,8,11-12,24H,7,9-10,14H2. The van der Waals surface area contributed by atoms with Crippen molar-refractivity contribution in [1.29, 1.82) is 10.7 Å². The number of aromatic nitrogens is 2. The van der Waals surface area contributed by atoms with Crippen LogP contribution in [0, 0.1) is 16.7 Å². The highest BCUT2D eigenvalue weighted by Gasteiger charge is 2.27. The summed E-state index contributed by atoms with van der Waals surface area (Å²) in [5.41, 5.74) is 4.63. The van der Waals surface area contributed by atoms with E-state index in [4.69, 9.17) is 22.3 Å². The van der Waals surface area contributed by atoms with Crippen LogP contribution in [0.15, 0.2) is 48.5 Å². The maximum Gasteiger partial charge on any atom is 0.272 e. The van der Waals surface area contributed by atoms with Crippen LogP contribution < -0.4 is 0 Å². The minimum absolute atomic E-state index is 0.0677. The van der Waals surface area contributed by atoms with Gasteiger partial charge >= 0.3 is 0 Å². The molecule has 0 unspecified atom stereocenters. The van der Waals surface area contributed by atoms with Crippen molar-refractivity contribution < 1.29 is 4.79 Å². The van der Waals surface area contributed by atoms with E-state index < -0.39 is 0 Å². The molecule has 7 heteroatoms. The smallest absolute Gasteiger partial charge is 0.272 e. The van der Waals surface area contributed by atoms with Crippen molar-refractivity contribution in [3.8, 4) is 17.3 Å². The molecule has 0 spiro atoms. The Labute approximate surface area is 173 Å². The van der Waals surface area contributed by atoms with E-state index in [1.807, 2.05) is 30.3 Å². The second-order valence-electron chi connectivity index (χ2n) is 6.88. The SMILES string of the molecule is N#Cc1ccc(CN2CCn3nc(-c4ccc(Cl)cc4CC=N)cc3C2=O)cc1. The van der Waals surface area contributed by atoms with Gasteiger partial charge in [0, 0.05) is 30.1 Å². The number of amides is 1. The van der Waals surface area contributed by atoms with Gasteiger partial charge in [0.1, 0.15) is 5.69 Å². The zero-order valence-corrected chi connectivity index (χ0v) is 16.4. The molecule has 1 aliphatic heterocycles. The molecule has 6 nitrogen and oxygen atoms in total. The second-order valence-corrected chi connectivity index (χ2v) is 7.32. The van der Waals surface area contributed by atoms with Crippen molar-refractivity contribution >= 4 is 23.7 Å². The fourth-order valence-electron chi connectivity index (χ4n) is 3.52. The van der Waals surface area contributed by atoms with Crippen molar-refractivity contribution in [1.82, 2.24) is 14.7 Å². The number of hydrogen-bond donors (Lipinski definition) is 1. The Bertz CT molecular complexity index is 1130. The summed E-state index contributed by atoms with van der Waals surface area (Å²) in [6.07, 6.45) is 1.78. The molecular weight excluding hydrogens is 386 g/mol. The summed E-state index contributed by atoms with van der Waals surface area (Å²) in [5.74, 6) is -0.0677. The van der Waals surface area contributed by atoms with Gasteiger partial charge in [0.05, 0.1) is 23.9 Å². The molecule has 0 fully saturated rings. The van der Waals surface area contributed by atoms with E-state index in [2.05, 4.69) is 11.2 Å². The van der Waals surface area contributed by atoms with Crippen LogP contribution in [0.25, 0.3) is 11.3 Å². The molecule has 0 saturated carbocycles. The lowest BCUT2D eigenvalue weighted by atomic mass is 10.0. The Balaban J connectivity index is 1.60. The zero-order valence-electron chi connectivity index (χ0n) is 15.6. The van der Waals surface area contributed by atoms with Crippen LogP contribution in [0.3, 0.4) is 0 Å². The molecule has 2 aromatic carbocycles. The van der Waals surface area contributed by atoms with E-state index in [1.165, 1.54) is 6.21 Å². The van der Waals surface area contributed by atoms with E-state index in [1.54, 1.807) is 27.8 Å². The fourth-order valence-corrected chi connectivity index (χ4v) is 3.71. The Morgan fingerprint density at radius 3 is 2.69 bits per heavy atom. The molecule has 3 aromatic rings. The molecule has 0 aliphatic carbocycles. The third-order valence-electron chi connectivity index (χ3n) is 4.99. The Kier molecular flexibility index (Phi) is 5.15. The molecule has 1 aromatic heterocycles. The van der Waals surface area contributed by atoms with Crippen LogP contribution in [0.5, 0.6) is 0 Å². The maximum atomic E-state index is 13.0. The average Bonchev–Trinajstić information content (AvgIpc) is 3.16. The second kappa shape index (κ2) is 7.90. The molecule has 1 aliphatic rings. The van der Waals surface area contributed by atoms with Gasteiger partial charge in [-0.2, -0.15) is 10.4 Å². The normalized spacial score (nSPS) is 13.1. The van der Waals surface area contributed by atoms with Crippen molar-refractivity contribution in [2.24, 2.45) is 0 Å². The monoisotopic (exact) mass is 403 g/mol. The number of fused-ring (bicyclic) bond motifs is 1. The van der Waals surface area contributed by atoms with Crippen LogP contribution in [-0.2, 0) is 19.5 Å². The highest BCUT2D eigenvalue weighted by Crippen LogP contribution is 2.28. The number of carbonyl (C=O) groups is 1. The minimum atomic E-state index is -0.0677.